The molecule has 1 aliphatic heterocycles. The molecule has 5 heteroatoms. The van der Waals surface area contributed by atoms with E-state index >= 15 is 0 Å². The monoisotopic (exact) mass is 365 g/mol. The zero-order valence-electron chi connectivity index (χ0n) is 15.6. The summed E-state index contributed by atoms with van der Waals surface area (Å²) in [5.41, 5.74) is 3.77. The molecule has 0 amide bonds. The van der Waals surface area contributed by atoms with Gasteiger partial charge in [0.25, 0.3) is 0 Å². The van der Waals surface area contributed by atoms with Crippen LogP contribution in [0.4, 0.5) is 0 Å². The van der Waals surface area contributed by atoms with Crippen LogP contribution < -0.4 is 4.74 Å². The smallest absolute Gasteiger partial charge is 0.119 e. The molecule has 2 N–H and O–H groups in total. The number of aromatic amines is 1. The van der Waals surface area contributed by atoms with Gasteiger partial charge in [0.1, 0.15) is 12.4 Å². The Hall–Kier alpha value is -2.37. The Bertz CT molecular complexity index is 877. The molecule has 2 heterocycles. The summed E-state index contributed by atoms with van der Waals surface area (Å²) in [5, 5.41) is 17.2. The van der Waals surface area contributed by atoms with Gasteiger partial charge in [-0.3, -0.25) is 10.00 Å². The van der Waals surface area contributed by atoms with Crippen LogP contribution in [-0.2, 0) is 13.0 Å². The van der Waals surface area contributed by atoms with Crippen LogP contribution in [0, 0.1) is 5.92 Å². The molecule has 0 spiro atoms. The maximum atomic E-state index is 8.92. The van der Waals surface area contributed by atoms with Gasteiger partial charge in [0.15, 0.2) is 0 Å². The van der Waals surface area contributed by atoms with E-state index in [0.29, 0.717) is 12.5 Å². The largest absolute Gasteiger partial charge is 0.491 e. The Kier molecular flexibility index (Phi) is 5.70. The lowest BCUT2D eigenvalue weighted by molar-refractivity contribution is 0.166. The number of nitrogens with one attached hydrogen (secondary N) is 1. The van der Waals surface area contributed by atoms with Crippen molar-refractivity contribution in [3.05, 3.63) is 59.8 Å². The standard InChI is InChI=1S/C22H27N3O2/c26-9-10-27-21-5-1-3-19(13-21)16-25-8-2-4-18(15-25)11-17-6-7-22-20(12-17)14-23-24-22/h1,3,5-7,12-14,18,26H,2,4,8-11,15-16H2,(H,23,24)/t18-/m1/s1. The van der Waals surface area contributed by atoms with Crippen molar-refractivity contribution >= 4 is 10.9 Å². The molecule has 0 saturated carbocycles. The summed E-state index contributed by atoms with van der Waals surface area (Å²) in [7, 11) is 0. The van der Waals surface area contributed by atoms with Crippen LogP contribution in [0.25, 0.3) is 10.9 Å². The number of hydrogen-bond acceptors (Lipinski definition) is 4. The fourth-order valence-electron chi connectivity index (χ4n) is 4.07. The molecule has 27 heavy (non-hydrogen) atoms. The van der Waals surface area contributed by atoms with Gasteiger partial charge in [0.2, 0.25) is 0 Å². The lowest BCUT2D eigenvalue weighted by Gasteiger charge is -2.33. The highest BCUT2D eigenvalue weighted by Gasteiger charge is 2.20. The Morgan fingerprint density at radius 3 is 3.07 bits per heavy atom. The zero-order valence-corrected chi connectivity index (χ0v) is 15.6. The topological polar surface area (TPSA) is 61.4 Å². The molecule has 1 aromatic heterocycles. The van der Waals surface area contributed by atoms with Crippen LogP contribution >= 0.6 is 0 Å². The summed E-state index contributed by atoms with van der Waals surface area (Å²) in [6, 6.07) is 14.8. The Labute approximate surface area is 160 Å². The number of aromatic nitrogens is 2. The molecule has 4 rings (SSSR count). The highest BCUT2D eigenvalue weighted by Crippen LogP contribution is 2.24. The summed E-state index contributed by atoms with van der Waals surface area (Å²) in [6.07, 6.45) is 5.56. The maximum absolute atomic E-state index is 8.92. The van der Waals surface area contributed by atoms with Crippen molar-refractivity contribution in [1.82, 2.24) is 15.1 Å². The molecule has 1 atom stereocenters. The van der Waals surface area contributed by atoms with Crippen molar-refractivity contribution in [2.45, 2.75) is 25.8 Å². The van der Waals surface area contributed by atoms with Gasteiger partial charge in [0, 0.05) is 18.5 Å². The number of likely N-dealkylation sites (tertiary alicyclic amines) is 1. The summed E-state index contributed by atoms with van der Waals surface area (Å²) in [5.74, 6) is 1.53. The minimum absolute atomic E-state index is 0.0443. The first kappa shape index (κ1) is 18.0. The van der Waals surface area contributed by atoms with E-state index in [0.717, 1.165) is 37.3 Å². The second kappa shape index (κ2) is 8.55. The summed E-state index contributed by atoms with van der Waals surface area (Å²) in [6.45, 7) is 3.62. The lowest BCUT2D eigenvalue weighted by Crippen LogP contribution is -2.35. The number of aliphatic hydroxyl groups is 1. The predicted octanol–water partition coefficient (Wildman–Crippen LogP) is 3.39. The SMILES string of the molecule is OCCOc1cccc(CN2CCC[C@H](Cc3ccc4[nH]ncc4c3)C2)c1. The Balaban J connectivity index is 1.36. The number of nitrogens with zero attached hydrogens (tertiary/aromatic N) is 2. The van der Waals surface area contributed by atoms with Crippen molar-refractivity contribution in [2.75, 3.05) is 26.3 Å². The first-order chi connectivity index (χ1) is 13.3. The molecule has 0 unspecified atom stereocenters. The average Bonchev–Trinajstić information content (AvgIpc) is 3.15. The van der Waals surface area contributed by atoms with Gasteiger partial charge in [0.05, 0.1) is 18.3 Å². The summed E-state index contributed by atoms with van der Waals surface area (Å²) >= 11 is 0. The summed E-state index contributed by atoms with van der Waals surface area (Å²) in [4.78, 5) is 2.55. The molecule has 1 fully saturated rings. The van der Waals surface area contributed by atoms with E-state index in [9.17, 15) is 0 Å². The van der Waals surface area contributed by atoms with Crippen LogP contribution in [0.5, 0.6) is 5.75 Å². The number of hydrogen-bond donors (Lipinski definition) is 2. The van der Waals surface area contributed by atoms with Crippen LogP contribution in [0.1, 0.15) is 24.0 Å². The summed E-state index contributed by atoms with van der Waals surface area (Å²) < 4.78 is 5.54. The van der Waals surface area contributed by atoms with Gasteiger partial charge in [-0.2, -0.15) is 5.10 Å². The van der Waals surface area contributed by atoms with Crippen LogP contribution in [-0.4, -0.2) is 46.5 Å². The average molecular weight is 365 g/mol. The minimum Gasteiger partial charge on any atom is -0.491 e. The Morgan fingerprint density at radius 1 is 1.19 bits per heavy atom. The fraction of sp³-hybridized carbons (Fsp3) is 0.409. The highest BCUT2D eigenvalue weighted by atomic mass is 16.5. The van der Waals surface area contributed by atoms with Crippen molar-refractivity contribution < 1.29 is 9.84 Å². The third-order valence-corrected chi connectivity index (χ3v) is 5.30. The maximum Gasteiger partial charge on any atom is 0.119 e. The minimum atomic E-state index is 0.0443. The normalized spacial score (nSPS) is 18.0. The lowest BCUT2D eigenvalue weighted by atomic mass is 9.90. The van der Waals surface area contributed by atoms with Gasteiger partial charge in [-0.05, 0) is 67.1 Å². The third-order valence-electron chi connectivity index (χ3n) is 5.30. The van der Waals surface area contributed by atoms with Gasteiger partial charge < -0.3 is 9.84 Å². The number of aliphatic hydroxyl groups excluding tert-OH is 1. The van der Waals surface area contributed by atoms with Crippen molar-refractivity contribution in [3.63, 3.8) is 0 Å². The van der Waals surface area contributed by atoms with E-state index in [-0.39, 0.29) is 6.61 Å². The molecule has 142 valence electrons. The van der Waals surface area contributed by atoms with E-state index in [1.807, 2.05) is 18.3 Å². The molecule has 1 saturated heterocycles. The number of rotatable bonds is 7. The molecule has 2 aromatic carbocycles. The quantitative estimate of drug-likeness (QED) is 0.674. The predicted molar refractivity (Wildman–Crippen MR) is 107 cm³/mol. The third kappa shape index (κ3) is 4.67. The number of ether oxygens (including phenoxy) is 1. The second-order valence-electron chi connectivity index (χ2n) is 7.46. The van der Waals surface area contributed by atoms with Gasteiger partial charge >= 0.3 is 0 Å². The van der Waals surface area contributed by atoms with Crippen LogP contribution in [0.3, 0.4) is 0 Å². The van der Waals surface area contributed by atoms with Gasteiger partial charge in [-0.25, -0.2) is 0 Å². The number of benzene rings is 2. The van der Waals surface area contributed by atoms with E-state index in [1.165, 1.54) is 29.4 Å². The van der Waals surface area contributed by atoms with Crippen molar-refractivity contribution in [1.29, 1.82) is 0 Å². The van der Waals surface area contributed by atoms with Crippen molar-refractivity contribution in [3.8, 4) is 5.75 Å². The molecule has 1 aliphatic rings. The zero-order chi connectivity index (χ0) is 18.5. The van der Waals surface area contributed by atoms with Gasteiger partial charge in [-0.1, -0.05) is 18.2 Å². The van der Waals surface area contributed by atoms with E-state index in [4.69, 9.17) is 9.84 Å². The second-order valence-corrected chi connectivity index (χ2v) is 7.46. The molecule has 0 aliphatic carbocycles. The number of piperidine rings is 1. The molecule has 3 aromatic rings. The highest BCUT2D eigenvalue weighted by molar-refractivity contribution is 5.78. The first-order valence-electron chi connectivity index (χ1n) is 9.77. The molecular weight excluding hydrogens is 338 g/mol. The van der Waals surface area contributed by atoms with E-state index in [1.54, 1.807) is 0 Å². The van der Waals surface area contributed by atoms with Crippen molar-refractivity contribution in [2.24, 2.45) is 5.92 Å². The molecular formula is C22H27N3O2. The van der Waals surface area contributed by atoms with Crippen LogP contribution in [0.15, 0.2) is 48.7 Å². The Morgan fingerprint density at radius 2 is 2.15 bits per heavy atom. The molecule has 5 nitrogen and oxygen atoms in total. The fourth-order valence-corrected chi connectivity index (χ4v) is 4.07. The number of fused-ring (bicyclic) bond motifs is 1. The van der Waals surface area contributed by atoms with Crippen LogP contribution in [0.2, 0.25) is 0 Å². The van der Waals surface area contributed by atoms with E-state index in [2.05, 4.69) is 45.4 Å². The van der Waals surface area contributed by atoms with Gasteiger partial charge in [-0.15, -0.1) is 0 Å². The molecule has 0 radical (unpaired) electrons. The number of H-pyrrole nitrogens is 1. The first-order valence-corrected chi connectivity index (χ1v) is 9.77. The molecule has 0 bridgehead atoms. The van der Waals surface area contributed by atoms with E-state index < -0.39 is 0 Å².